The van der Waals surface area contributed by atoms with Gasteiger partial charge in [-0.05, 0) is 23.8 Å². The zero-order valence-electron chi connectivity index (χ0n) is 14.1. The van der Waals surface area contributed by atoms with Crippen molar-refractivity contribution in [2.75, 3.05) is 7.11 Å². The Morgan fingerprint density at radius 1 is 1.37 bits per heavy atom. The smallest absolute Gasteiger partial charge is 0.270 e. The Hall–Kier alpha value is -3.70. The third-order valence-corrected chi connectivity index (χ3v) is 4.60. The van der Waals surface area contributed by atoms with Gasteiger partial charge in [0, 0.05) is 23.1 Å². The molecule has 27 heavy (non-hydrogen) atoms. The van der Waals surface area contributed by atoms with Gasteiger partial charge in [0.2, 0.25) is 0 Å². The van der Waals surface area contributed by atoms with Crippen molar-refractivity contribution in [3.63, 3.8) is 0 Å². The Balaban J connectivity index is 1.94. The van der Waals surface area contributed by atoms with E-state index in [2.05, 4.69) is 11.1 Å². The van der Waals surface area contributed by atoms with Crippen molar-refractivity contribution in [2.45, 2.75) is 0 Å². The number of hydrogen-bond acceptors (Lipinski definition) is 7. The highest BCUT2D eigenvalue weighted by Crippen LogP contribution is 2.31. The number of allylic oxidation sites excluding steroid dienone is 1. The summed E-state index contributed by atoms with van der Waals surface area (Å²) >= 11 is 1.26. The van der Waals surface area contributed by atoms with Crippen LogP contribution in [-0.2, 0) is 0 Å². The standard InChI is InChI=1S/C19H13N3O4S/c1-26-18-6-5-12(8-17(18)23)7-14(10-20)19-21-16(11-27-19)13-3-2-4-15(9-13)22(24)25/h2-9,11,23H,1H3/b14-7-. The van der Waals surface area contributed by atoms with E-state index in [9.17, 15) is 20.5 Å². The van der Waals surface area contributed by atoms with Gasteiger partial charge in [0.1, 0.15) is 11.1 Å². The minimum Gasteiger partial charge on any atom is -0.504 e. The average molecular weight is 379 g/mol. The summed E-state index contributed by atoms with van der Waals surface area (Å²) < 4.78 is 5.00. The van der Waals surface area contributed by atoms with Gasteiger partial charge >= 0.3 is 0 Å². The number of aromatic hydroxyl groups is 1. The van der Waals surface area contributed by atoms with Crippen molar-refractivity contribution >= 4 is 28.7 Å². The van der Waals surface area contributed by atoms with Gasteiger partial charge in [0.25, 0.3) is 5.69 Å². The minimum absolute atomic E-state index is 0.0215. The number of nitro benzene ring substituents is 1. The number of benzene rings is 2. The van der Waals surface area contributed by atoms with E-state index in [-0.39, 0.29) is 11.4 Å². The number of phenolic OH excluding ortho intramolecular Hbond substituents is 1. The molecule has 0 radical (unpaired) electrons. The highest BCUT2D eigenvalue weighted by molar-refractivity contribution is 7.11. The van der Waals surface area contributed by atoms with Crippen molar-refractivity contribution in [1.82, 2.24) is 4.98 Å². The van der Waals surface area contributed by atoms with E-state index in [1.54, 1.807) is 35.7 Å². The molecule has 0 aliphatic rings. The molecule has 0 fully saturated rings. The first-order chi connectivity index (χ1) is 13.0. The van der Waals surface area contributed by atoms with Gasteiger partial charge in [0.05, 0.1) is 23.3 Å². The van der Waals surface area contributed by atoms with Crippen LogP contribution in [-0.4, -0.2) is 22.1 Å². The summed E-state index contributed by atoms with van der Waals surface area (Å²) in [5.74, 6) is 0.313. The summed E-state index contributed by atoms with van der Waals surface area (Å²) in [7, 11) is 1.45. The Morgan fingerprint density at radius 2 is 2.19 bits per heavy atom. The van der Waals surface area contributed by atoms with Crippen molar-refractivity contribution in [1.29, 1.82) is 5.26 Å². The van der Waals surface area contributed by atoms with Crippen molar-refractivity contribution < 1.29 is 14.8 Å². The van der Waals surface area contributed by atoms with Gasteiger partial charge in [-0.1, -0.05) is 18.2 Å². The first-order valence-corrected chi connectivity index (χ1v) is 8.59. The Kier molecular flexibility index (Phi) is 5.15. The van der Waals surface area contributed by atoms with E-state index in [1.165, 1.54) is 36.6 Å². The summed E-state index contributed by atoms with van der Waals surface area (Å²) in [6.07, 6.45) is 1.61. The van der Waals surface area contributed by atoms with Crippen LogP contribution < -0.4 is 4.74 Å². The Morgan fingerprint density at radius 3 is 2.85 bits per heavy atom. The number of nitro groups is 1. The molecular formula is C19H13N3O4S. The predicted octanol–water partition coefficient (Wildman–Crippen LogP) is 4.50. The van der Waals surface area contributed by atoms with Crippen LogP contribution in [0.2, 0.25) is 0 Å². The molecule has 2 aromatic carbocycles. The third-order valence-electron chi connectivity index (χ3n) is 3.72. The van der Waals surface area contributed by atoms with Crippen molar-refractivity contribution in [3.05, 3.63) is 68.5 Å². The van der Waals surface area contributed by atoms with Gasteiger partial charge in [-0.3, -0.25) is 10.1 Å². The van der Waals surface area contributed by atoms with Crippen LogP contribution in [0, 0.1) is 21.4 Å². The van der Waals surface area contributed by atoms with Crippen LogP contribution in [0.15, 0.2) is 47.8 Å². The Bertz CT molecular complexity index is 1080. The molecule has 8 heteroatoms. The molecule has 7 nitrogen and oxygen atoms in total. The molecule has 0 saturated carbocycles. The maximum Gasteiger partial charge on any atom is 0.270 e. The van der Waals surface area contributed by atoms with Crippen LogP contribution in [0.25, 0.3) is 22.9 Å². The van der Waals surface area contributed by atoms with E-state index < -0.39 is 4.92 Å². The molecule has 0 saturated heterocycles. The minimum atomic E-state index is -0.465. The molecule has 0 aliphatic carbocycles. The second kappa shape index (κ2) is 7.68. The third kappa shape index (κ3) is 3.94. The summed E-state index contributed by atoms with van der Waals surface area (Å²) in [5.41, 5.74) is 2.08. The van der Waals surface area contributed by atoms with Crippen LogP contribution in [0.1, 0.15) is 10.6 Å². The first kappa shape index (κ1) is 18.1. The summed E-state index contributed by atoms with van der Waals surface area (Å²) in [5, 5.41) is 32.5. The lowest BCUT2D eigenvalue weighted by Crippen LogP contribution is -1.88. The van der Waals surface area contributed by atoms with Gasteiger partial charge < -0.3 is 9.84 Å². The summed E-state index contributed by atoms with van der Waals surface area (Å²) in [6.45, 7) is 0. The fourth-order valence-corrected chi connectivity index (χ4v) is 3.21. The quantitative estimate of drug-likeness (QED) is 0.397. The SMILES string of the molecule is COc1ccc(/C=C(/C#N)c2nc(-c3cccc([N+](=O)[O-])c3)cs2)cc1O. The zero-order valence-corrected chi connectivity index (χ0v) is 14.9. The van der Waals surface area contributed by atoms with Crippen molar-refractivity contribution in [2.24, 2.45) is 0 Å². The molecule has 0 atom stereocenters. The molecule has 3 rings (SSSR count). The molecule has 0 bridgehead atoms. The lowest BCUT2D eigenvalue weighted by molar-refractivity contribution is -0.384. The van der Waals surface area contributed by atoms with Gasteiger partial charge in [-0.25, -0.2) is 4.98 Å². The highest BCUT2D eigenvalue weighted by atomic mass is 32.1. The molecule has 3 aromatic rings. The first-order valence-electron chi connectivity index (χ1n) is 7.71. The fourth-order valence-electron chi connectivity index (χ4n) is 2.41. The summed E-state index contributed by atoms with van der Waals surface area (Å²) in [6, 6.07) is 13.1. The number of thiazole rings is 1. The number of hydrogen-bond donors (Lipinski definition) is 1. The maximum atomic E-state index is 10.9. The molecule has 1 aromatic heterocycles. The molecule has 1 N–H and O–H groups in total. The van der Waals surface area contributed by atoms with Gasteiger partial charge in [0.15, 0.2) is 11.5 Å². The monoisotopic (exact) mass is 379 g/mol. The highest BCUT2D eigenvalue weighted by Gasteiger charge is 2.12. The van der Waals surface area contributed by atoms with Crippen LogP contribution in [0.4, 0.5) is 5.69 Å². The maximum absolute atomic E-state index is 10.9. The number of ether oxygens (including phenoxy) is 1. The topological polar surface area (TPSA) is 109 Å². The molecule has 0 spiro atoms. The molecule has 134 valence electrons. The number of methoxy groups -OCH3 is 1. The second-order valence-corrected chi connectivity index (χ2v) is 6.30. The van der Waals surface area contributed by atoms with Crippen LogP contribution in [0.5, 0.6) is 11.5 Å². The predicted molar refractivity (Wildman–Crippen MR) is 102 cm³/mol. The zero-order chi connectivity index (χ0) is 19.4. The number of non-ortho nitro benzene ring substituents is 1. The van der Waals surface area contributed by atoms with E-state index in [0.29, 0.717) is 33.2 Å². The number of rotatable bonds is 5. The number of nitrogens with zero attached hydrogens (tertiary/aromatic N) is 3. The molecule has 0 amide bonds. The molecule has 1 heterocycles. The average Bonchev–Trinajstić information content (AvgIpc) is 3.16. The van der Waals surface area contributed by atoms with Gasteiger partial charge in [-0.15, -0.1) is 11.3 Å². The van der Waals surface area contributed by atoms with E-state index in [4.69, 9.17) is 4.74 Å². The molecule has 0 unspecified atom stereocenters. The number of nitriles is 1. The number of aromatic nitrogens is 1. The fraction of sp³-hybridized carbons (Fsp3) is 0.0526. The lowest BCUT2D eigenvalue weighted by atomic mass is 10.1. The molecular weight excluding hydrogens is 366 g/mol. The van der Waals surface area contributed by atoms with E-state index in [1.807, 2.05) is 0 Å². The molecule has 0 aliphatic heterocycles. The van der Waals surface area contributed by atoms with E-state index >= 15 is 0 Å². The number of phenols is 1. The normalized spacial score (nSPS) is 11.0. The second-order valence-electron chi connectivity index (χ2n) is 5.45. The lowest BCUT2D eigenvalue weighted by Gasteiger charge is -2.03. The van der Waals surface area contributed by atoms with E-state index in [0.717, 1.165) is 0 Å². The van der Waals surface area contributed by atoms with Crippen molar-refractivity contribution in [3.8, 4) is 28.8 Å². The van der Waals surface area contributed by atoms with Crippen LogP contribution >= 0.6 is 11.3 Å². The largest absolute Gasteiger partial charge is 0.504 e. The Labute approximate surface area is 158 Å². The van der Waals surface area contributed by atoms with Gasteiger partial charge in [-0.2, -0.15) is 5.26 Å². The van der Waals surface area contributed by atoms with Crippen LogP contribution in [0.3, 0.4) is 0 Å². The summed E-state index contributed by atoms with van der Waals surface area (Å²) in [4.78, 5) is 14.9.